The van der Waals surface area contributed by atoms with Crippen molar-refractivity contribution in [1.29, 1.82) is 0 Å². The topological polar surface area (TPSA) is 81.4 Å². The number of pyridine rings is 1. The second-order valence-corrected chi connectivity index (χ2v) is 22.6. The van der Waals surface area contributed by atoms with E-state index in [0.717, 1.165) is 72.4 Å². The monoisotopic (exact) mass is 993 g/mol. The van der Waals surface area contributed by atoms with Gasteiger partial charge in [-0.3, -0.25) is 14.0 Å². The Labute approximate surface area is 370 Å². The molecule has 9 heteroatoms. The third-order valence-corrected chi connectivity index (χ3v) is 13.5. The summed E-state index contributed by atoms with van der Waals surface area (Å²) < 4.78 is 10.6. The molecule has 7 nitrogen and oxygen atoms in total. The molecule has 10 rings (SSSR count). The van der Waals surface area contributed by atoms with Gasteiger partial charge in [0.1, 0.15) is 17.6 Å². The predicted octanol–water partition coefficient (Wildman–Crippen LogP) is 12.5. The van der Waals surface area contributed by atoms with Gasteiger partial charge in [0.25, 0.3) is 0 Å². The maximum atomic E-state index is 11.9. The fourth-order valence-corrected chi connectivity index (χ4v) is 9.32. The van der Waals surface area contributed by atoms with E-state index in [0.29, 0.717) is 22.7 Å². The van der Waals surface area contributed by atoms with Crippen LogP contribution in [0.15, 0.2) is 157 Å². The summed E-state index contributed by atoms with van der Waals surface area (Å²) in [5.41, 5.74) is 14.0. The number of benzene rings is 6. The minimum absolute atomic E-state index is 0. The molecular weight excluding hydrogens is 950 g/mol. The van der Waals surface area contributed by atoms with Gasteiger partial charge in [-0.1, -0.05) is 148 Å². The summed E-state index contributed by atoms with van der Waals surface area (Å²) in [5, 5.41) is 13.2. The molecule has 0 aliphatic rings. The summed E-state index contributed by atoms with van der Waals surface area (Å²) in [5.74, 6) is 0.631. The van der Waals surface area contributed by atoms with Crippen molar-refractivity contribution in [3.8, 4) is 67.5 Å². The van der Waals surface area contributed by atoms with Gasteiger partial charge in [0, 0.05) is 38.5 Å². The minimum Gasteiger partial charge on any atom is -0.507 e. The molecule has 0 bridgehead atoms. The summed E-state index contributed by atoms with van der Waals surface area (Å²) in [6.45, 7) is 13.8. The Morgan fingerprint density at radius 3 is 2.18 bits per heavy atom. The van der Waals surface area contributed by atoms with E-state index in [1.807, 2.05) is 28.8 Å². The summed E-state index contributed by atoms with van der Waals surface area (Å²) in [7, 11) is -1.72. The van der Waals surface area contributed by atoms with E-state index in [-0.39, 0.29) is 32.2 Å². The number of phenols is 1. The first-order valence-electron chi connectivity index (χ1n) is 20.3. The molecule has 304 valence electrons. The second kappa shape index (κ2) is 15.3. The van der Waals surface area contributed by atoms with E-state index in [2.05, 4.69) is 165 Å². The molecule has 0 aliphatic heterocycles. The second-order valence-electron chi connectivity index (χ2n) is 17.5. The van der Waals surface area contributed by atoms with Gasteiger partial charge in [0.15, 0.2) is 11.4 Å². The van der Waals surface area contributed by atoms with E-state index in [1.165, 1.54) is 5.19 Å². The molecule has 4 heterocycles. The van der Waals surface area contributed by atoms with E-state index in [4.69, 9.17) is 14.4 Å². The van der Waals surface area contributed by atoms with E-state index in [9.17, 15) is 5.11 Å². The van der Waals surface area contributed by atoms with Crippen LogP contribution in [0.25, 0.3) is 89.6 Å². The fourth-order valence-electron chi connectivity index (χ4n) is 8.16. The van der Waals surface area contributed by atoms with Crippen LogP contribution in [0.4, 0.5) is 0 Å². The van der Waals surface area contributed by atoms with Crippen LogP contribution in [0.3, 0.4) is 0 Å². The van der Waals surface area contributed by atoms with Crippen molar-refractivity contribution in [2.24, 2.45) is 0 Å². The Morgan fingerprint density at radius 2 is 1.44 bits per heavy atom. The van der Waals surface area contributed by atoms with Crippen LogP contribution in [0.2, 0.25) is 19.6 Å². The van der Waals surface area contributed by atoms with Gasteiger partial charge >= 0.3 is 0 Å². The van der Waals surface area contributed by atoms with Gasteiger partial charge in [0.2, 0.25) is 5.71 Å². The van der Waals surface area contributed by atoms with Crippen LogP contribution < -0.4 is 5.19 Å². The quantitative estimate of drug-likeness (QED) is 0.127. The van der Waals surface area contributed by atoms with Gasteiger partial charge < -0.3 is 9.52 Å². The van der Waals surface area contributed by atoms with Gasteiger partial charge in [-0.2, -0.15) is 0 Å². The van der Waals surface area contributed by atoms with Gasteiger partial charge in [-0.15, -0.1) is 29.3 Å². The van der Waals surface area contributed by atoms with Crippen molar-refractivity contribution >= 4 is 41.1 Å². The van der Waals surface area contributed by atoms with Crippen LogP contribution in [0.1, 0.15) is 26.3 Å². The summed E-state index contributed by atoms with van der Waals surface area (Å²) in [4.78, 5) is 14.7. The number of oxazole rings is 1. The molecule has 61 heavy (non-hydrogen) atoms. The smallest absolute Gasteiger partial charge is 0.224 e. The molecule has 6 aromatic carbocycles. The molecule has 0 fully saturated rings. The molecule has 1 N–H and O–H groups in total. The number of rotatable bonds is 7. The molecule has 10 aromatic rings. The molecule has 0 saturated heterocycles. The first-order chi connectivity index (χ1) is 28.9. The van der Waals surface area contributed by atoms with Gasteiger partial charge in [-0.25, -0.2) is 9.97 Å². The summed E-state index contributed by atoms with van der Waals surface area (Å²) in [6.07, 6.45) is 5.29. The van der Waals surface area contributed by atoms with E-state index in [1.54, 1.807) is 18.6 Å². The number of imidazole rings is 2. The summed E-state index contributed by atoms with van der Waals surface area (Å²) in [6, 6.07) is 50.1. The Kier molecular flexibility index (Phi) is 10.0. The third-order valence-electron chi connectivity index (χ3n) is 11.5. The zero-order valence-electron chi connectivity index (χ0n) is 34.8. The number of phenolic OH excluding ortho intramolecular Hbond substituents is 1. The van der Waals surface area contributed by atoms with Crippen LogP contribution in [0.5, 0.6) is 5.75 Å². The van der Waals surface area contributed by atoms with Crippen molar-refractivity contribution < 1.29 is 30.6 Å². The maximum absolute atomic E-state index is 11.9. The Balaban J connectivity index is 0.00000476. The number of hydrogen-bond acceptors (Lipinski definition) is 5. The van der Waals surface area contributed by atoms with Crippen molar-refractivity contribution in [3.63, 3.8) is 0 Å². The van der Waals surface area contributed by atoms with Crippen LogP contribution in [0, 0.1) is 6.07 Å². The molecule has 0 amide bonds. The SMILES string of the molecule is CC(C)(C)c1cc(-c2cc(-c3ccccc3)ccn2)[c-]c(-c2cccc3c2nc(-c2c(O)ccc4c2oc2cncn24)n3-c2ccc([Si](C)(C)C)cc2-c2ccccc2)c1.[Pt]. The van der Waals surface area contributed by atoms with Crippen molar-refractivity contribution in [1.82, 2.24) is 23.9 Å². The molecule has 0 atom stereocenters. The molecule has 0 saturated carbocycles. The molecule has 0 aliphatic carbocycles. The number of nitrogens with zero attached hydrogens (tertiary/aromatic N) is 5. The molecule has 4 aromatic heterocycles. The van der Waals surface area contributed by atoms with Crippen molar-refractivity contribution in [3.05, 3.63) is 164 Å². The minimum atomic E-state index is -1.72. The average Bonchev–Trinajstić information content (AvgIpc) is 3.97. The van der Waals surface area contributed by atoms with Crippen LogP contribution >= 0.6 is 0 Å². The first kappa shape index (κ1) is 40.1. The maximum Gasteiger partial charge on any atom is 0.224 e. The normalized spacial score (nSPS) is 12.0. The van der Waals surface area contributed by atoms with Crippen LogP contribution in [-0.4, -0.2) is 37.1 Å². The predicted molar refractivity (Wildman–Crippen MR) is 247 cm³/mol. The molecular formula is C52H44N5O2PtSi-. The zero-order chi connectivity index (χ0) is 41.3. The zero-order valence-corrected chi connectivity index (χ0v) is 38.1. The van der Waals surface area contributed by atoms with Crippen molar-refractivity contribution in [2.45, 2.75) is 45.8 Å². The third kappa shape index (κ3) is 7.13. The molecule has 0 spiro atoms. The Hall–Kier alpha value is -6.34. The number of hydrogen-bond donors (Lipinski definition) is 1. The fraction of sp³-hybridized carbons (Fsp3) is 0.135. The van der Waals surface area contributed by atoms with Crippen molar-refractivity contribution in [2.75, 3.05) is 0 Å². The largest absolute Gasteiger partial charge is 0.507 e. The number of fused-ring (bicyclic) bond motifs is 4. The van der Waals surface area contributed by atoms with E-state index >= 15 is 0 Å². The molecule has 0 radical (unpaired) electrons. The standard InChI is InChI=1S/C52H44N5O2Si.Pt/c1-52(2,3)38-27-36(26-37(28-38)42-29-35(24-25-54-42)33-14-9-7-10-15-33)40-18-13-19-44-49(40)55-51(48-46(58)23-22-45-50(48)59-47-31-53-32-56(45)47)57(44)43-21-20-39(60(4,5)6)30-41(43)34-16-11-8-12-17-34;/h7-25,27-32,58H,1-6H3;/q-1;. The molecule has 0 unspecified atom stereocenters. The Morgan fingerprint density at radius 1 is 0.705 bits per heavy atom. The van der Waals surface area contributed by atoms with Gasteiger partial charge in [0.05, 0.1) is 36.5 Å². The van der Waals surface area contributed by atoms with E-state index < -0.39 is 8.07 Å². The first-order valence-corrected chi connectivity index (χ1v) is 23.8. The number of aromatic nitrogens is 5. The number of para-hydroxylation sites is 1. The Bertz CT molecular complexity index is 3250. The summed E-state index contributed by atoms with van der Waals surface area (Å²) >= 11 is 0. The van der Waals surface area contributed by atoms with Crippen LogP contribution in [-0.2, 0) is 26.5 Å². The number of aromatic hydroxyl groups is 1. The van der Waals surface area contributed by atoms with Gasteiger partial charge in [-0.05, 0) is 52.4 Å². The average molecular weight is 994 g/mol.